The van der Waals surface area contributed by atoms with E-state index in [1.54, 1.807) is 6.20 Å². The van der Waals surface area contributed by atoms with Crippen LogP contribution in [-0.2, 0) is 11.3 Å². The summed E-state index contributed by atoms with van der Waals surface area (Å²) >= 11 is 0. The van der Waals surface area contributed by atoms with Gasteiger partial charge >= 0.3 is 0 Å². The fourth-order valence-corrected chi connectivity index (χ4v) is 4.49. The molecule has 5 nitrogen and oxygen atoms in total. The predicted molar refractivity (Wildman–Crippen MR) is 106 cm³/mol. The Morgan fingerprint density at radius 3 is 2.67 bits per heavy atom. The van der Waals surface area contributed by atoms with Gasteiger partial charge in [0.05, 0.1) is 0 Å². The zero-order chi connectivity index (χ0) is 18.5. The normalized spacial score (nSPS) is 22.1. The highest BCUT2D eigenvalue weighted by molar-refractivity contribution is 5.76. The van der Waals surface area contributed by atoms with Crippen molar-refractivity contribution < 1.29 is 4.79 Å². The first kappa shape index (κ1) is 18.2. The summed E-state index contributed by atoms with van der Waals surface area (Å²) in [7, 11) is 0. The first-order valence-electron chi connectivity index (χ1n) is 10.3. The van der Waals surface area contributed by atoms with E-state index in [1.165, 1.54) is 5.56 Å². The number of aromatic nitrogens is 2. The quantitative estimate of drug-likeness (QED) is 0.882. The molecule has 144 valence electrons. The van der Waals surface area contributed by atoms with Gasteiger partial charge in [-0.15, -0.1) is 0 Å². The molecule has 0 saturated carbocycles. The number of hydrogen-bond donors (Lipinski definition) is 1. The number of rotatable bonds is 5. The van der Waals surface area contributed by atoms with Gasteiger partial charge in [0.15, 0.2) is 0 Å². The molecule has 5 heteroatoms. The van der Waals surface area contributed by atoms with Crippen molar-refractivity contribution in [2.75, 3.05) is 26.2 Å². The number of hydrogen-bond acceptors (Lipinski definition) is 3. The van der Waals surface area contributed by atoms with Crippen molar-refractivity contribution >= 4 is 5.91 Å². The van der Waals surface area contributed by atoms with E-state index in [-0.39, 0.29) is 0 Å². The maximum absolute atomic E-state index is 12.8. The Morgan fingerprint density at radius 2 is 1.93 bits per heavy atom. The molecular weight excluding hydrogens is 336 g/mol. The van der Waals surface area contributed by atoms with Crippen LogP contribution in [0.2, 0.25) is 0 Å². The Bertz CT molecular complexity index is 707. The van der Waals surface area contributed by atoms with E-state index in [4.69, 9.17) is 0 Å². The smallest absolute Gasteiger partial charge is 0.222 e. The zero-order valence-corrected chi connectivity index (χ0v) is 16.0. The zero-order valence-electron chi connectivity index (χ0n) is 16.0. The van der Waals surface area contributed by atoms with E-state index in [9.17, 15) is 4.79 Å². The lowest BCUT2D eigenvalue weighted by molar-refractivity contribution is -0.133. The van der Waals surface area contributed by atoms with Gasteiger partial charge in [-0.1, -0.05) is 30.3 Å². The first-order chi connectivity index (χ1) is 13.3. The summed E-state index contributed by atoms with van der Waals surface area (Å²) < 4.78 is 0. The Kier molecular flexibility index (Phi) is 5.87. The Balaban J connectivity index is 1.23. The van der Waals surface area contributed by atoms with Gasteiger partial charge in [0.25, 0.3) is 0 Å². The minimum absolute atomic E-state index is 0.341. The highest BCUT2D eigenvalue weighted by Crippen LogP contribution is 2.27. The molecule has 2 aliphatic heterocycles. The SMILES string of the molecule is O=C(CC1CCN(Cc2ccccc2)CC1)N1CCC[C@H](c2ncc[nH]2)C1. The molecule has 1 amide bonds. The van der Waals surface area contributed by atoms with Gasteiger partial charge in [-0.05, 0) is 50.3 Å². The summed E-state index contributed by atoms with van der Waals surface area (Å²) in [5, 5.41) is 0. The number of amides is 1. The molecule has 2 fully saturated rings. The molecule has 27 heavy (non-hydrogen) atoms. The minimum atomic E-state index is 0.341. The standard InChI is InChI=1S/C22H30N4O/c27-21(26-12-4-7-20(17-26)22-23-10-11-24-22)15-18-8-13-25(14-9-18)16-19-5-2-1-3-6-19/h1-3,5-6,10-11,18,20H,4,7-9,12-17H2,(H,23,24)/t20-/m0/s1. The van der Waals surface area contributed by atoms with Crippen molar-refractivity contribution in [2.24, 2.45) is 5.92 Å². The minimum Gasteiger partial charge on any atom is -0.348 e. The third-order valence-corrected chi connectivity index (χ3v) is 6.10. The van der Waals surface area contributed by atoms with Crippen LogP contribution in [-0.4, -0.2) is 51.9 Å². The predicted octanol–water partition coefficient (Wildman–Crippen LogP) is 3.42. The molecule has 2 saturated heterocycles. The fraction of sp³-hybridized carbons (Fsp3) is 0.545. The number of nitrogens with one attached hydrogen (secondary N) is 1. The topological polar surface area (TPSA) is 52.2 Å². The summed E-state index contributed by atoms with van der Waals surface area (Å²) in [6.45, 7) is 4.95. The summed E-state index contributed by atoms with van der Waals surface area (Å²) in [5.74, 6) is 2.27. The van der Waals surface area contributed by atoms with Crippen LogP contribution < -0.4 is 0 Å². The van der Waals surface area contributed by atoms with Crippen molar-refractivity contribution in [1.29, 1.82) is 0 Å². The first-order valence-corrected chi connectivity index (χ1v) is 10.3. The maximum Gasteiger partial charge on any atom is 0.222 e. The highest BCUT2D eigenvalue weighted by atomic mass is 16.2. The summed E-state index contributed by atoms with van der Waals surface area (Å²) in [4.78, 5) is 25.0. The Morgan fingerprint density at radius 1 is 1.11 bits per heavy atom. The van der Waals surface area contributed by atoms with Crippen LogP contribution in [0.1, 0.15) is 49.4 Å². The van der Waals surface area contributed by atoms with E-state index in [2.05, 4.69) is 50.1 Å². The second-order valence-electron chi connectivity index (χ2n) is 8.06. The molecule has 1 atom stereocenters. The molecule has 0 radical (unpaired) electrons. The van der Waals surface area contributed by atoms with E-state index in [1.807, 2.05) is 6.20 Å². The molecule has 2 aliphatic rings. The number of H-pyrrole nitrogens is 1. The summed E-state index contributed by atoms with van der Waals surface area (Å²) in [5.41, 5.74) is 1.38. The van der Waals surface area contributed by atoms with E-state index >= 15 is 0 Å². The molecule has 1 N–H and O–H groups in total. The van der Waals surface area contributed by atoms with Crippen LogP contribution in [0.25, 0.3) is 0 Å². The van der Waals surface area contributed by atoms with Crippen LogP contribution in [0, 0.1) is 5.92 Å². The molecule has 0 unspecified atom stereocenters. The number of likely N-dealkylation sites (tertiary alicyclic amines) is 2. The average Bonchev–Trinajstić information content (AvgIpc) is 3.25. The number of carbonyl (C=O) groups is 1. The third kappa shape index (κ3) is 4.78. The lowest BCUT2D eigenvalue weighted by atomic mass is 9.91. The van der Waals surface area contributed by atoms with Gasteiger partial charge in [0, 0.05) is 44.4 Å². The second kappa shape index (κ2) is 8.70. The second-order valence-corrected chi connectivity index (χ2v) is 8.06. The number of benzene rings is 1. The van der Waals surface area contributed by atoms with E-state index < -0.39 is 0 Å². The number of piperidine rings is 2. The fourth-order valence-electron chi connectivity index (χ4n) is 4.49. The molecule has 2 aromatic rings. The molecular formula is C22H30N4O. The molecule has 1 aromatic heterocycles. The van der Waals surface area contributed by atoms with Crippen molar-refractivity contribution in [3.63, 3.8) is 0 Å². The van der Waals surface area contributed by atoms with Crippen LogP contribution in [0.3, 0.4) is 0 Å². The number of imidazole rings is 1. The lowest BCUT2D eigenvalue weighted by Gasteiger charge is -2.35. The van der Waals surface area contributed by atoms with Crippen LogP contribution in [0.5, 0.6) is 0 Å². The van der Waals surface area contributed by atoms with Crippen molar-refractivity contribution in [3.05, 3.63) is 54.1 Å². The van der Waals surface area contributed by atoms with Crippen LogP contribution in [0.15, 0.2) is 42.7 Å². The van der Waals surface area contributed by atoms with Gasteiger partial charge in [-0.2, -0.15) is 0 Å². The van der Waals surface area contributed by atoms with Crippen molar-refractivity contribution in [2.45, 2.75) is 44.6 Å². The number of nitrogens with zero attached hydrogens (tertiary/aromatic N) is 3. The van der Waals surface area contributed by atoms with Crippen LogP contribution >= 0.6 is 0 Å². The number of aromatic amines is 1. The highest BCUT2D eigenvalue weighted by Gasteiger charge is 2.28. The van der Waals surface area contributed by atoms with E-state index in [0.717, 1.165) is 64.2 Å². The maximum atomic E-state index is 12.8. The molecule has 0 aliphatic carbocycles. The molecule has 0 spiro atoms. The molecule has 4 rings (SSSR count). The van der Waals surface area contributed by atoms with Crippen molar-refractivity contribution in [1.82, 2.24) is 19.8 Å². The Labute approximate surface area is 161 Å². The third-order valence-electron chi connectivity index (χ3n) is 6.10. The van der Waals surface area contributed by atoms with Gasteiger partial charge in [-0.3, -0.25) is 9.69 Å². The van der Waals surface area contributed by atoms with Gasteiger partial charge in [-0.25, -0.2) is 4.98 Å². The molecule has 1 aromatic carbocycles. The summed E-state index contributed by atoms with van der Waals surface area (Å²) in [6, 6.07) is 10.7. The summed E-state index contributed by atoms with van der Waals surface area (Å²) in [6.07, 6.45) is 8.85. The largest absolute Gasteiger partial charge is 0.348 e. The monoisotopic (exact) mass is 366 g/mol. The molecule has 3 heterocycles. The van der Waals surface area contributed by atoms with Gasteiger partial charge in [0.2, 0.25) is 5.91 Å². The average molecular weight is 367 g/mol. The Hall–Kier alpha value is -2.14. The lowest BCUT2D eigenvalue weighted by Crippen LogP contribution is -2.41. The van der Waals surface area contributed by atoms with Crippen LogP contribution in [0.4, 0.5) is 0 Å². The molecule has 0 bridgehead atoms. The van der Waals surface area contributed by atoms with Gasteiger partial charge < -0.3 is 9.88 Å². The van der Waals surface area contributed by atoms with E-state index in [0.29, 0.717) is 24.2 Å². The van der Waals surface area contributed by atoms with Gasteiger partial charge in [0.1, 0.15) is 5.82 Å². The number of carbonyl (C=O) groups excluding carboxylic acids is 1. The van der Waals surface area contributed by atoms with Crippen molar-refractivity contribution in [3.8, 4) is 0 Å².